The fraction of sp³-hybridized carbons (Fsp3) is 0.381. The summed E-state index contributed by atoms with van der Waals surface area (Å²) in [7, 11) is 0. The average Bonchev–Trinajstić information content (AvgIpc) is 2.58. The van der Waals surface area contributed by atoms with Crippen LogP contribution in [-0.4, -0.2) is 18.6 Å². The van der Waals surface area contributed by atoms with Crippen LogP contribution in [0.3, 0.4) is 0 Å². The number of ether oxygens (including phenoxy) is 1. The van der Waals surface area contributed by atoms with Crippen molar-refractivity contribution in [3.05, 3.63) is 65.2 Å². The molecule has 2 rings (SSSR count). The molecule has 2 N–H and O–H groups in total. The predicted molar refractivity (Wildman–Crippen MR) is 98.9 cm³/mol. The fourth-order valence-corrected chi connectivity index (χ4v) is 2.67. The zero-order valence-electron chi connectivity index (χ0n) is 15.5. The largest absolute Gasteiger partial charge is 0.494 e. The second kappa shape index (κ2) is 8.57. The first-order valence-corrected chi connectivity index (χ1v) is 8.76. The summed E-state index contributed by atoms with van der Waals surface area (Å²) in [5, 5.41) is 0. The molecule has 146 valence electrons. The number of halogens is 3. The highest BCUT2D eigenvalue weighted by atomic mass is 19.4. The van der Waals surface area contributed by atoms with Crippen LogP contribution in [0.1, 0.15) is 47.7 Å². The van der Waals surface area contributed by atoms with E-state index in [-0.39, 0.29) is 25.2 Å². The van der Waals surface area contributed by atoms with Crippen molar-refractivity contribution < 1.29 is 22.7 Å². The lowest BCUT2D eigenvalue weighted by Gasteiger charge is -2.25. The van der Waals surface area contributed by atoms with E-state index < -0.39 is 18.1 Å². The molecule has 0 fully saturated rings. The summed E-state index contributed by atoms with van der Waals surface area (Å²) in [4.78, 5) is 12.5. The number of benzene rings is 2. The molecule has 2 aromatic rings. The molecule has 0 saturated heterocycles. The van der Waals surface area contributed by atoms with Crippen molar-refractivity contribution in [2.45, 2.75) is 44.8 Å². The quantitative estimate of drug-likeness (QED) is 0.509. The molecule has 0 heterocycles. The first-order valence-electron chi connectivity index (χ1n) is 8.76. The first kappa shape index (κ1) is 21.0. The Kier molecular flexibility index (Phi) is 6.65. The number of nitrogens with two attached hydrogens (primary N) is 1. The molecule has 0 aliphatic heterocycles. The number of alkyl halides is 3. The maximum absolute atomic E-state index is 12.5. The maximum Gasteiger partial charge on any atom is 0.389 e. The van der Waals surface area contributed by atoms with Crippen LogP contribution < -0.4 is 10.5 Å². The van der Waals surface area contributed by atoms with Gasteiger partial charge in [-0.15, -0.1) is 0 Å². The summed E-state index contributed by atoms with van der Waals surface area (Å²) < 4.78 is 41.7. The molecule has 2 aromatic carbocycles. The van der Waals surface area contributed by atoms with Crippen molar-refractivity contribution in [3.63, 3.8) is 0 Å². The van der Waals surface area contributed by atoms with Gasteiger partial charge in [-0.2, -0.15) is 13.2 Å². The number of aryl methyl sites for hydroxylation is 1. The predicted octanol–water partition coefficient (Wildman–Crippen LogP) is 5.16. The van der Waals surface area contributed by atoms with Crippen LogP contribution in [0.15, 0.2) is 48.5 Å². The Morgan fingerprint density at radius 3 is 2.19 bits per heavy atom. The monoisotopic (exact) mass is 379 g/mol. The lowest BCUT2D eigenvalue weighted by atomic mass is 9.86. The van der Waals surface area contributed by atoms with Gasteiger partial charge in [0.05, 0.1) is 6.61 Å². The number of carbonyl (C=O) groups is 1. The van der Waals surface area contributed by atoms with Crippen molar-refractivity contribution in [2.75, 3.05) is 6.61 Å². The van der Waals surface area contributed by atoms with Gasteiger partial charge in [0, 0.05) is 23.9 Å². The van der Waals surface area contributed by atoms with Gasteiger partial charge >= 0.3 is 6.18 Å². The van der Waals surface area contributed by atoms with E-state index in [2.05, 4.69) is 0 Å². The number of Topliss-reactive ketones (excluding diaryl/α,β-unsaturated/α-hetero) is 1. The van der Waals surface area contributed by atoms with Crippen molar-refractivity contribution in [1.29, 1.82) is 0 Å². The molecule has 0 radical (unpaired) electrons. The third-order valence-corrected chi connectivity index (χ3v) is 4.29. The van der Waals surface area contributed by atoms with Gasteiger partial charge in [-0.25, -0.2) is 0 Å². The second-order valence-electron chi connectivity index (χ2n) is 6.98. The molecule has 0 aliphatic rings. The molecule has 0 aromatic heterocycles. The zero-order chi connectivity index (χ0) is 20.1. The minimum absolute atomic E-state index is 0.00927. The van der Waals surface area contributed by atoms with Crippen molar-refractivity contribution >= 4 is 5.78 Å². The van der Waals surface area contributed by atoms with E-state index >= 15 is 0 Å². The van der Waals surface area contributed by atoms with Gasteiger partial charge in [0.1, 0.15) is 5.75 Å². The van der Waals surface area contributed by atoms with E-state index in [1.165, 1.54) is 0 Å². The molecule has 3 nitrogen and oxygen atoms in total. The van der Waals surface area contributed by atoms with Gasteiger partial charge in [-0.05, 0) is 38.0 Å². The normalized spacial score (nSPS) is 13.9. The number of ketones is 1. The van der Waals surface area contributed by atoms with Crippen LogP contribution in [0.5, 0.6) is 5.75 Å². The van der Waals surface area contributed by atoms with E-state index in [1.54, 1.807) is 43.3 Å². The Labute approximate surface area is 157 Å². The summed E-state index contributed by atoms with van der Waals surface area (Å²) in [5.41, 5.74) is 7.92. The van der Waals surface area contributed by atoms with Crippen LogP contribution in [0.4, 0.5) is 13.2 Å². The average molecular weight is 379 g/mol. The molecule has 6 heteroatoms. The van der Waals surface area contributed by atoms with Crippen LogP contribution >= 0.6 is 0 Å². The van der Waals surface area contributed by atoms with E-state index in [0.29, 0.717) is 11.3 Å². The molecule has 0 spiro atoms. The van der Waals surface area contributed by atoms with Crippen molar-refractivity contribution in [2.24, 2.45) is 5.73 Å². The number of carbonyl (C=O) groups excluding carboxylic acids is 1. The van der Waals surface area contributed by atoms with Gasteiger partial charge in [-0.3, -0.25) is 4.79 Å². The third kappa shape index (κ3) is 6.71. The number of rotatable bonds is 8. The van der Waals surface area contributed by atoms with E-state index in [0.717, 1.165) is 11.1 Å². The van der Waals surface area contributed by atoms with Crippen LogP contribution in [-0.2, 0) is 5.54 Å². The summed E-state index contributed by atoms with van der Waals surface area (Å²) in [6.07, 6.45) is -4.99. The second-order valence-corrected chi connectivity index (χ2v) is 6.98. The molecule has 1 atom stereocenters. The zero-order valence-corrected chi connectivity index (χ0v) is 15.5. The van der Waals surface area contributed by atoms with E-state index in [4.69, 9.17) is 10.5 Å². The Bertz CT molecular complexity index is 750. The molecular weight excluding hydrogens is 355 g/mol. The Hall–Kier alpha value is -2.34. The molecule has 0 aliphatic carbocycles. The third-order valence-electron chi connectivity index (χ3n) is 4.29. The van der Waals surface area contributed by atoms with Crippen LogP contribution in [0.2, 0.25) is 0 Å². The Balaban J connectivity index is 1.93. The van der Waals surface area contributed by atoms with Gasteiger partial charge < -0.3 is 10.5 Å². The Morgan fingerprint density at radius 1 is 1.04 bits per heavy atom. The lowest BCUT2D eigenvalue weighted by molar-refractivity contribution is -0.136. The Morgan fingerprint density at radius 2 is 1.63 bits per heavy atom. The van der Waals surface area contributed by atoms with Crippen molar-refractivity contribution in [3.8, 4) is 5.75 Å². The van der Waals surface area contributed by atoms with E-state index in [9.17, 15) is 18.0 Å². The van der Waals surface area contributed by atoms with Crippen LogP contribution in [0.25, 0.3) is 0 Å². The highest BCUT2D eigenvalue weighted by molar-refractivity contribution is 5.96. The number of hydrogen-bond donors (Lipinski definition) is 1. The standard InChI is InChI=1S/C21H24F3NO2/c1-15-4-6-16(7-5-15)19(26)14-20(2,25)17-8-10-18(11-9-17)27-13-3-12-21(22,23)24/h4-11H,3,12-14,25H2,1-2H3. The SMILES string of the molecule is Cc1ccc(C(=O)CC(C)(N)c2ccc(OCCCC(F)(F)F)cc2)cc1. The maximum atomic E-state index is 12.5. The van der Waals surface area contributed by atoms with E-state index in [1.807, 2.05) is 19.1 Å². The molecule has 0 bridgehead atoms. The summed E-state index contributed by atoms with van der Waals surface area (Å²) >= 11 is 0. The van der Waals surface area contributed by atoms with Crippen LogP contribution in [0, 0.1) is 6.92 Å². The van der Waals surface area contributed by atoms with Gasteiger partial charge in [0.2, 0.25) is 0 Å². The fourth-order valence-electron chi connectivity index (χ4n) is 2.67. The summed E-state index contributed by atoms with van der Waals surface area (Å²) in [6, 6.07) is 14.1. The highest BCUT2D eigenvalue weighted by Crippen LogP contribution is 2.26. The topological polar surface area (TPSA) is 52.3 Å². The molecule has 1 unspecified atom stereocenters. The van der Waals surface area contributed by atoms with Crippen molar-refractivity contribution in [1.82, 2.24) is 0 Å². The minimum atomic E-state index is -4.17. The van der Waals surface area contributed by atoms with Gasteiger partial charge in [0.25, 0.3) is 0 Å². The molecule has 0 amide bonds. The molecule has 27 heavy (non-hydrogen) atoms. The van der Waals surface area contributed by atoms with Gasteiger partial charge in [0.15, 0.2) is 5.78 Å². The highest BCUT2D eigenvalue weighted by Gasteiger charge is 2.27. The van der Waals surface area contributed by atoms with Gasteiger partial charge in [-0.1, -0.05) is 42.0 Å². The molecule has 0 saturated carbocycles. The molecular formula is C21H24F3NO2. The lowest BCUT2D eigenvalue weighted by Crippen LogP contribution is -2.35. The minimum Gasteiger partial charge on any atom is -0.494 e. The first-order chi connectivity index (χ1) is 12.6. The smallest absolute Gasteiger partial charge is 0.389 e. The summed E-state index contributed by atoms with van der Waals surface area (Å²) in [5.74, 6) is 0.425. The number of hydrogen-bond acceptors (Lipinski definition) is 3. The summed E-state index contributed by atoms with van der Waals surface area (Å²) in [6.45, 7) is 3.72.